The lowest BCUT2D eigenvalue weighted by molar-refractivity contribution is -0.137. The average Bonchev–Trinajstić information content (AvgIpc) is 3.20. The topological polar surface area (TPSA) is 54.4 Å². The number of benzene rings is 1. The summed E-state index contributed by atoms with van der Waals surface area (Å²) < 4.78 is 46.1. The SMILES string of the molecule is FC(F)(F)c1ccc(-n2cccn2)c(NC(=S)NCCCN2CCOCC2)c1. The number of thiocarbonyl (C=S) groups is 1. The van der Waals surface area contributed by atoms with Gasteiger partial charge in [-0.3, -0.25) is 4.90 Å². The Morgan fingerprint density at radius 1 is 1.25 bits per heavy atom. The van der Waals surface area contributed by atoms with Crippen molar-refractivity contribution in [3.63, 3.8) is 0 Å². The number of nitrogens with zero attached hydrogens (tertiary/aromatic N) is 3. The van der Waals surface area contributed by atoms with Crippen LogP contribution in [0.2, 0.25) is 0 Å². The number of alkyl halides is 3. The van der Waals surface area contributed by atoms with Crippen LogP contribution in [0.15, 0.2) is 36.7 Å². The molecule has 10 heteroatoms. The second-order valence-electron chi connectivity index (χ2n) is 6.37. The van der Waals surface area contributed by atoms with E-state index >= 15 is 0 Å². The second-order valence-corrected chi connectivity index (χ2v) is 6.78. The van der Waals surface area contributed by atoms with E-state index in [1.54, 1.807) is 18.5 Å². The van der Waals surface area contributed by atoms with Crippen LogP contribution in [-0.2, 0) is 10.9 Å². The number of anilines is 1. The van der Waals surface area contributed by atoms with Crippen LogP contribution < -0.4 is 10.6 Å². The van der Waals surface area contributed by atoms with E-state index < -0.39 is 11.7 Å². The van der Waals surface area contributed by atoms with Crippen molar-refractivity contribution in [2.24, 2.45) is 0 Å². The first-order chi connectivity index (χ1) is 13.4. The Kier molecular flexibility index (Phi) is 6.87. The zero-order valence-corrected chi connectivity index (χ0v) is 16.0. The smallest absolute Gasteiger partial charge is 0.379 e. The van der Waals surface area contributed by atoms with Gasteiger partial charge in [0.05, 0.1) is 30.2 Å². The molecule has 0 atom stereocenters. The van der Waals surface area contributed by atoms with Crippen molar-refractivity contribution in [2.75, 3.05) is 44.7 Å². The predicted octanol–water partition coefficient (Wildman–Crippen LogP) is 2.90. The minimum absolute atomic E-state index is 0.240. The Morgan fingerprint density at radius 3 is 2.71 bits per heavy atom. The Hall–Kier alpha value is -2.17. The van der Waals surface area contributed by atoms with Gasteiger partial charge in [-0.1, -0.05) is 0 Å². The van der Waals surface area contributed by atoms with Crippen molar-refractivity contribution in [3.8, 4) is 5.69 Å². The van der Waals surface area contributed by atoms with Crippen LogP contribution >= 0.6 is 12.2 Å². The van der Waals surface area contributed by atoms with Crippen LogP contribution in [0.25, 0.3) is 5.69 Å². The summed E-state index contributed by atoms with van der Waals surface area (Å²) in [7, 11) is 0. The van der Waals surface area contributed by atoms with Gasteiger partial charge in [0.2, 0.25) is 0 Å². The van der Waals surface area contributed by atoms with Crippen LogP contribution in [0.4, 0.5) is 18.9 Å². The van der Waals surface area contributed by atoms with E-state index in [0.717, 1.165) is 51.4 Å². The highest BCUT2D eigenvalue weighted by Crippen LogP contribution is 2.33. The molecule has 2 aromatic rings. The molecule has 1 aliphatic heterocycles. The van der Waals surface area contributed by atoms with Gasteiger partial charge in [0, 0.05) is 32.0 Å². The van der Waals surface area contributed by atoms with Crippen molar-refractivity contribution < 1.29 is 17.9 Å². The fraction of sp³-hybridized carbons (Fsp3) is 0.444. The molecule has 0 aliphatic carbocycles. The molecular formula is C18H22F3N5OS. The van der Waals surface area contributed by atoms with Crippen LogP contribution in [0.3, 0.4) is 0 Å². The summed E-state index contributed by atoms with van der Waals surface area (Å²) >= 11 is 5.26. The fourth-order valence-electron chi connectivity index (χ4n) is 2.92. The summed E-state index contributed by atoms with van der Waals surface area (Å²) in [6.07, 6.45) is -0.348. The van der Waals surface area contributed by atoms with Gasteiger partial charge in [-0.2, -0.15) is 18.3 Å². The van der Waals surface area contributed by atoms with E-state index in [9.17, 15) is 13.2 Å². The van der Waals surface area contributed by atoms with E-state index in [1.807, 2.05) is 0 Å². The Balaban J connectivity index is 1.60. The molecule has 0 unspecified atom stereocenters. The minimum Gasteiger partial charge on any atom is -0.379 e. The maximum absolute atomic E-state index is 13.1. The van der Waals surface area contributed by atoms with Crippen LogP contribution in [0.1, 0.15) is 12.0 Å². The van der Waals surface area contributed by atoms with Gasteiger partial charge in [-0.15, -0.1) is 0 Å². The van der Waals surface area contributed by atoms with E-state index in [-0.39, 0.29) is 10.8 Å². The van der Waals surface area contributed by atoms with Crippen LogP contribution in [0.5, 0.6) is 0 Å². The quantitative estimate of drug-likeness (QED) is 0.561. The van der Waals surface area contributed by atoms with Crippen molar-refractivity contribution in [2.45, 2.75) is 12.6 Å². The lowest BCUT2D eigenvalue weighted by atomic mass is 10.1. The first-order valence-electron chi connectivity index (χ1n) is 9.00. The molecule has 0 saturated carbocycles. The van der Waals surface area contributed by atoms with Gasteiger partial charge in [-0.05, 0) is 49.4 Å². The third-order valence-corrected chi connectivity index (χ3v) is 4.61. The second kappa shape index (κ2) is 9.35. The first kappa shape index (κ1) is 20.6. The average molecular weight is 413 g/mol. The summed E-state index contributed by atoms with van der Waals surface area (Å²) in [4.78, 5) is 2.31. The maximum atomic E-state index is 13.1. The molecule has 2 N–H and O–H groups in total. The van der Waals surface area contributed by atoms with Gasteiger partial charge in [0.25, 0.3) is 0 Å². The standard InChI is InChI=1S/C18H22F3N5OS/c19-18(20,21)14-3-4-16(26-8-2-6-23-26)15(13-14)24-17(28)22-5-1-7-25-9-11-27-12-10-25/h2-4,6,8,13H,1,5,7,9-12H2,(H2,22,24,28). The molecule has 1 aliphatic rings. The number of hydrogen-bond acceptors (Lipinski definition) is 4. The molecule has 1 saturated heterocycles. The lowest BCUT2D eigenvalue weighted by Gasteiger charge is -2.26. The maximum Gasteiger partial charge on any atom is 0.416 e. The van der Waals surface area contributed by atoms with E-state index in [4.69, 9.17) is 17.0 Å². The normalized spacial score (nSPS) is 15.4. The van der Waals surface area contributed by atoms with Crippen molar-refractivity contribution in [1.82, 2.24) is 20.0 Å². The minimum atomic E-state index is -4.44. The molecule has 2 heterocycles. The van der Waals surface area contributed by atoms with E-state index in [0.29, 0.717) is 12.2 Å². The number of nitrogens with one attached hydrogen (secondary N) is 2. The highest BCUT2D eigenvalue weighted by atomic mass is 32.1. The highest BCUT2D eigenvalue weighted by molar-refractivity contribution is 7.80. The number of hydrogen-bond donors (Lipinski definition) is 2. The Morgan fingerprint density at radius 2 is 2.04 bits per heavy atom. The molecule has 0 bridgehead atoms. The van der Waals surface area contributed by atoms with Gasteiger partial charge >= 0.3 is 6.18 Å². The summed E-state index contributed by atoms with van der Waals surface area (Å²) in [6.45, 7) is 4.87. The summed E-state index contributed by atoms with van der Waals surface area (Å²) in [5.74, 6) is 0. The molecule has 3 rings (SSSR count). The molecule has 1 aromatic heterocycles. The highest BCUT2D eigenvalue weighted by Gasteiger charge is 2.31. The fourth-order valence-corrected chi connectivity index (χ4v) is 3.13. The number of halogens is 3. The van der Waals surface area contributed by atoms with E-state index in [2.05, 4.69) is 20.6 Å². The number of rotatable bonds is 6. The summed E-state index contributed by atoms with van der Waals surface area (Å²) in [5.41, 5.74) is -0.0271. The lowest BCUT2D eigenvalue weighted by Crippen LogP contribution is -2.38. The molecule has 0 radical (unpaired) electrons. The van der Waals surface area contributed by atoms with Gasteiger partial charge < -0.3 is 15.4 Å². The molecule has 152 valence electrons. The molecule has 28 heavy (non-hydrogen) atoms. The summed E-state index contributed by atoms with van der Waals surface area (Å²) in [6, 6.07) is 5.14. The van der Waals surface area contributed by atoms with Gasteiger partial charge in [-0.25, -0.2) is 4.68 Å². The summed E-state index contributed by atoms with van der Waals surface area (Å²) in [5, 5.41) is 10.3. The predicted molar refractivity (Wildman–Crippen MR) is 105 cm³/mol. The molecule has 0 amide bonds. The number of morpholine rings is 1. The Bertz CT molecular complexity index is 776. The van der Waals surface area contributed by atoms with Crippen molar-refractivity contribution in [1.29, 1.82) is 0 Å². The number of ether oxygens (including phenoxy) is 1. The zero-order valence-electron chi connectivity index (χ0n) is 15.2. The molecular weight excluding hydrogens is 391 g/mol. The molecule has 1 aromatic carbocycles. The monoisotopic (exact) mass is 413 g/mol. The molecule has 1 fully saturated rings. The largest absolute Gasteiger partial charge is 0.416 e. The van der Waals surface area contributed by atoms with Crippen molar-refractivity contribution >= 4 is 23.0 Å². The van der Waals surface area contributed by atoms with Crippen LogP contribution in [-0.4, -0.2) is 59.2 Å². The Labute approximate surface area is 166 Å². The van der Waals surface area contributed by atoms with Crippen LogP contribution in [0, 0.1) is 0 Å². The molecule has 0 spiro atoms. The third kappa shape index (κ3) is 5.66. The van der Waals surface area contributed by atoms with Gasteiger partial charge in [0.15, 0.2) is 5.11 Å². The first-order valence-corrected chi connectivity index (χ1v) is 9.40. The molecule has 6 nitrogen and oxygen atoms in total. The number of aromatic nitrogens is 2. The van der Waals surface area contributed by atoms with Crippen molar-refractivity contribution in [3.05, 3.63) is 42.2 Å². The zero-order chi connectivity index (χ0) is 20.0. The third-order valence-electron chi connectivity index (χ3n) is 4.36. The van der Waals surface area contributed by atoms with Gasteiger partial charge in [0.1, 0.15) is 0 Å². The van der Waals surface area contributed by atoms with E-state index in [1.165, 1.54) is 10.7 Å².